The zero-order chi connectivity index (χ0) is 30.5. The molecule has 42 heavy (non-hydrogen) atoms. The van der Waals surface area contributed by atoms with E-state index >= 15 is 0 Å². The Morgan fingerprint density at radius 2 is 1.31 bits per heavy atom. The predicted octanol–water partition coefficient (Wildman–Crippen LogP) is 5.68. The van der Waals surface area contributed by atoms with Crippen molar-refractivity contribution in [3.8, 4) is 17.2 Å². The molecule has 0 aliphatic rings. The van der Waals surface area contributed by atoms with Crippen molar-refractivity contribution >= 4 is 37.9 Å². The van der Waals surface area contributed by atoms with Crippen LogP contribution >= 0.6 is 0 Å². The molecule has 0 N–H and O–H groups in total. The normalized spacial score (nSPS) is 11.5. The molecule has 12 heteroatoms. The van der Waals surface area contributed by atoms with Crippen molar-refractivity contribution in [1.82, 2.24) is 0 Å². The lowest BCUT2D eigenvalue weighted by molar-refractivity contribution is -0.617. The Hall–Kier alpha value is -4.68. The van der Waals surface area contributed by atoms with Crippen molar-refractivity contribution in [2.45, 2.75) is 12.1 Å². The Labute approximate surface area is 239 Å². The highest BCUT2D eigenvalue weighted by atomic mass is 32.2. The summed E-state index contributed by atoms with van der Waals surface area (Å²) in [6, 6.07) is 30.6. The average Bonchev–Trinajstić information content (AvgIpc) is 2.96. The maximum Gasteiger partial charge on any atom is 0.485 e. The van der Waals surface area contributed by atoms with E-state index in [1.165, 1.54) is 0 Å². The second-order valence-electron chi connectivity index (χ2n) is 8.87. The maximum absolute atomic E-state index is 13.5. The number of fused-ring (bicyclic) bond motifs is 2. The van der Waals surface area contributed by atoms with Gasteiger partial charge in [0.15, 0.2) is 10.1 Å². The quantitative estimate of drug-likeness (QED) is 0.0618. The van der Waals surface area contributed by atoms with E-state index in [0.717, 1.165) is 27.4 Å². The van der Waals surface area contributed by atoms with Gasteiger partial charge in [-0.2, -0.15) is 17.7 Å². The Bertz CT molecular complexity index is 1830. The number of alkyl halides is 3. The summed E-state index contributed by atoms with van der Waals surface area (Å²) < 4.78 is 78.2. The molecule has 5 rings (SSSR count). The Morgan fingerprint density at radius 3 is 1.83 bits per heavy atom. The lowest BCUT2D eigenvalue weighted by Crippen LogP contribution is -2.31. The number of carbonyl (C=O) groups is 1. The van der Waals surface area contributed by atoms with E-state index < -0.39 is 21.6 Å². The first-order valence-corrected chi connectivity index (χ1v) is 13.7. The van der Waals surface area contributed by atoms with Crippen LogP contribution in [0.15, 0.2) is 97.1 Å². The van der Waals surface area contributed by atoms with E-state index in [0.29, 0.717) is 29.4 Å². The molecule has 0 saturated heterocycles. The minimum atomic E-state index is -6.09. The average molecular weight is 600 g/mol. The zero-order valence-electron chi connectivity index (χ0n) is 22.3. The number of esters is 1. The molecule has 0 bridgehead atoms. The van der Waals surface area contributed by atoms with Crippen LogP contribution in [0, 0.1) is 0 Å². The molecule has 0 fully saturated rings. The largest absolute Gasteiger partial charge is 0.741 e. The predicted molar refractivity (Wildman–Crippen MR) is 147 cm³/mol. The number of ether oxygens (including phenoxy) is 3. The molecule has 5 aromatic rings. The van der Waals surface area contributed by atoms with Gasteiger partial charge in [-0.05, 0) is 42.0 Å². The molecule has 0 unspecified atom stereocenters. The van der Waals surface area contributed by atoms with Crippen molar-refractivity contribution in [1.29, 1.82) is 0 Å². The van der Waals surface area contributed by atoms with Crippen LogP contribution in [0.1, 0.15) is 15.9 Å². The summed E-state index contributed by atoms with van der Waals surface area (Å²) in [4.78, 5) is 13.5. The first-order chi connectivity index (χ1) is 19.9. The fourth-order valence-corrected chi connectivity index (χ4v) is 4.11. The molecule has 0 radical (unpaired) electrons. The summed E-state index contributed by atoms with van der Waals surface area (Å²) >= 11 is 0. The van der Waals surface area contributed by atoms with Gasteiger partial charge < -0.3 is 18.8 Å². The van der Waals surface area contributed by atoms with Gasteiger partial charge >= 0.3 is 11.5 Å². The third-order valence-corrected chi connectivity index (χ3v) is 6.69. The number of halogens is 3. The Morgan fingerprint density at radius 1 is 0.810 bits per heavy atom. The smallest absolute Gasteiger partial charge is 0.485 e. The van der Waals surface area contributed by atoms with Gasteiger partial charge in [-0.1, -0.05) is 48.5 Å². The van der Waals surface area contributed by atoms with Crippen LogP contribution in [0.25, 0.3) is 21.8 Å². The number of pyridine rings is 1. The van der Waals surface area contributed by atoms with Gasteiger partial charge in [0, 0.05) is 12.1 Å². The number of methoxy groups -OCH3 is 1. The lowest BCUT2D eigenvalue weighted by atomic mass is 10.0. The van der Waals surface area contributed by atoms with E-state index in [1.807, 2.05) is 92.0 Å². The first-order valence-electron chi connectivity index (χ1n) is 12.3. The number of hydrogen-bond donors (Lipinski definition) is 0. The van der Waals surface area contributed by atoms with E-state index in [4.69, 9.17) is 27.2 Å². The van der Waals surface area contributed by atoms with Crippen LogP contribution in [0.2, 0.25) is 0 Å². The lowest BCUT2D eigenvalue weighted by Gasteiger charge is -2.13. The van der Waals surface area contributed by atoms with E-state index in [1.54, 1.807) is 19.2 Å². The van der Waals surface area contributed by atoms with Crippen LogP contribution in [0.3, 0.4) is 0 Å². The van der Waals surface area contributed by atoms with Crippen molar-refractivity contribution < 1.29 is 49.7 Å². The highest BCUT2D eigenvalue weighted by Gasteiger charge is 2.37. The number of rotatable bonds is 6. The molecule has 218 valence electrons. The van der Waals surface area contributed by atoms with Gasteiger partial charge in [0.25, 0.3) is 0 Å². The second-order valence-corrected chi connectivity index (χ2v) is 10.2. The highest BCUT2D eigenvalue weighted by Crippen LogP contribution is 2.31. The minimum Gasteiger partial charge on any atom is -0.741 e. The standard InChI is InChI=1S/C29H24NO4.CHF3O3S/c1-30-26-15-13-22(32-2)17-24(26)28(29(31)34-21-11-7-4-8-12-21)25-18-23(14-16-27(25)30)33-19-20-9-5-3-6-10-20;2-1(3,4)8(5,6)7/h3-18H,19H2,1-2H3;(H,5,6,7)/q+1;/p-1. The highest BCUT2D eigenvalue weighted by molar-refractivity contribution is 7.86. The Kier molecular flexibility index (Phi) is 8.98. The van der Waals surface area contributed by atoms with Gasteiger partial charge in [-0.3, -0.25) is 0 Å². The third kappa shape index (κ3) is 6.96. The molecular weight excluding hydrogens is 575 g/mol. The fraction of sp³-hybridized carbons (Fsp3) is 0.133. The molecule has 4 aromatic carbocycles. The molecule has 0 aliphatic heterocycles. The van der Waals surface area contributed by atoms with E-state index in [-0.39, 0.29) is 0 Å². The molecule has 0 amide bonds. The maximum atomic E-state index is 13.5. The number of carbonyl (C=O) groups excluding carboxylic acids is 1. The Balaban J connectivity index is 0.000000446. The van der Waals surface area contributed by atoms with Gasteiger partial charge in [0.05, 0.1) is 23.4 Å². The first kappa shape index (κ1) is 30.3. The molecule has 0 aliphatic carbocycles. The molecule has 0 spiro atoms. The van der Waals surface area contributed by atoms with Crippen molar-refractivity contribution in [3.05, 3.63) is 108 Å². The number of aromatic nitrogens is 1. The number of benzene rings is 4. The van der Waals surface area contributed by atoms with Gasteiger partial charge in [0.1, 0.15) is 30.9 Å². The van der Waals surface area contributed by atoms with Crippen LogP contribution in [0.5, 0.6) is 17.2 Å². The number of nitrogens with zero attached hydrogens (tertiary/aromatic N) is 1. The fourth-order valence-electron chi connectivity index (χ4n) is 4.11. The van der Waals surface area contributed by atoms with E-state index in [2.05, 4.69) is 4.57 Å². The SMILES string of the molecule is COc1ccc2c(c1)c(C(=O)Oc1ccccc1)c1cc(OCc3ccccc3)ccc1[n+]2C.O=S(=O)([O-])C(F)(F)F. The van der Waals surface area contributed by atoms with Gasteiger partial charge in [-0.15, -0.1) is 0 Å². The molecular formula is C30H24F3NO7S. The van der Waals surface area contributed by atoms with Crippen molar-refractivity contribution in [3.63, 3.8) is 0 Å². The molecule has 1 aromatic heterocycles. The zero-order valence-corrected chi connectivity index (χ0v) is 23.1. The molecule has 8 nitrogen and oxygen atoms in total. The number of para-hydroxylation sites is 1. The van der Waals surface area contributed by atoms with E-state index in [9.17, 15) is 18.0 Å². The summed E-state index contributed by atoms with van der Waals surface area (Å²) in [5.41, 5.74) is -2.32. The van der Waals surface area contributed by atoms with Crippen molar-refractivity contribution in [2.75, 3.05) is 7.11 Å². The van der Waals surface area contributed by atoms with Crippen LogP contribution in [0.4, 0.5) is 13.2 Å². The van der Waals surface area contributed by atoms with Crippen LogP contribution < -0.4 is 18.8 Å². The topological polar surface area (TPSA) is 106 Å². The number of hydrogen-bond acceptors (Lipinski definition) is 7. The van der Waals surface area contributed by atoms with Gasteiger partial charge in [-0.25, -0.2) is 13.2 Å². The summed E-state index contributed by atoms with van der Waals surface area (Å²) in [7, 11) is -2.50. The monoisotopic (exact) mass is 599 g/mol. The van der Waals surface area contributed by atoms with Crippen molar-refractivity contribution in [2.24, 2.45) is 7.05 Å². The van der Waals surface area contributed by atoms with Crippen LogP contribution in [-0.2, 0) is 23.8 Å². The minimum absolute atomic E-state index is 0.434. The van der Waals surface area contributed by atoms with Gasteiger partial charge in [0.2, 0.25) is 11.0 Å². The summed E-state index contributed by atoms with van der Waals surface area (Å²) in [6.07, 6.45) is 0. The third-order valence-electron chi connectivity index (χ3n) is 6.12. The summed E-state index contributed by atoms with van der Waals surface area (Å²) in [6.45, 7) is 0.434. The molecule has 1 heterocycles. The number of aryl methyl sites for hydroxylation is 1. The summed E-state index contributed by atoms with van der Waals surface area (Å²) in [5, 5.41) is 1.49. The summed E-state index contributed by atoms with van der Waals surface area (Å²) in [5.74, 6) is 1.39. The molecule has 0 atom stereocenters. The van der Waals surface area contributed by atoms with Crippen LogP contribution in [-0.4, -0.2) is 31.6 Å². The molecule has 0 saturated carbocycles. The second kappa shape index (κ2) is 12.5.